The van der Waals surface area contributed by atoms with Crippen LogP contribution in [0.1, 0.15) is 11.5 Å². The van der Waals surface area contributed by atoms with Gasteiger partial charge in [-0.1, -0.05) is 0 Å². The summed E-state index contributed by atoms with van der Waals surface area (Å²) in [4.78, 5) is 10.3. The maximum atomic E-state index is 9.40. The summed E-state index contributed by atoms with van der Waals surface area (Å²) in [5.41, 5.74) is 6.44. The first kappa shape index (κ1) is 11.3. The lowest BCUT2D eigenvalue weighted by Crippen LogP contribution is -2.23. The summed E-state index contributed by atoms with van der Waals surface area (Å²) in [7, 11) is 0. The lowest BCUT2D eigenvalue weighted by Gasteiger charge is -2.13. The number of anilines is 1. The minimum Gasteiger partial charge on any atom is -0.389 e. The number of nitrogens with two attached hydrogens (primary N) is 1. The van der Waals surface area contributed by atoms with Crippen LogP contribution < -0.4 is 5.73 Å². The maximum Gasteiger partial charge on any atom is 0.144 e. The number of hydrogen-bond acceptors (Lipinski definition) is 6. The van der Waals surface area contributed by atoms with E-state index in [1.54, 1.807) is 6.07 Å². The van der Waals surface area contributed by atoms with E-state index in [4.69, 9.17) is 5.73 Å². The molecule has 0 aliphatic carbocycles. The molecule has 1 saturated heterocycles. The Kier molecular flexibility index (Phi) is 3.04. The number of β-amino-alcohol motifs (C(OH)–C–C–N with tert-alkyl or cyclic N) is 2. The lowest BCUT2D eigenvalue weighted by atomic mass is 10.3. The average molecular weight is 224 g/mol. The molecule has 2 atom stereocenters. The van der Waals surface area contributed by atoms with Gasteiger partial charge in [0.2, 0.25) is 0 Å². The number of rotatable bonds is 2. The van der Waals surface area contributed by atoms with E-state index in [0.717, 1.165) is 5.69 Å². The number of likely N-dealkylation sites (tertiary alicyclic amines) is 1. The Balaban J connectivity index is 2.04. The van der Waals surface area contributed by atoms with E-state index in [1.807, 2.05) is 11.8 Å². The molecule has 6 nitrogen and oxygen atoms in total. The molecule has 4 N–H and O–H groups in total. The quantitative estimate of drug-likeness (QED) is 0.590. The molecule has 88 valence electrons. The summed E-state index contributed by atoms with van der Waals surface area (Å²) in [6.07, 6.45) is -1.36. The molecular formula is C10H16N4O2. The van der Waals surface area contributed by atoms with Gasteiger partial charge in [0.15, 0.2) is 0 Å². The van der Waals surface area contributed by atoms with E-state index in [9.17, 15) is 10.2 Å². The molecule has 1 aromatic rings. The predicted molar refractivity (Wildman–Crippen MR) is 58.5 cm³/mol. The van der Waals surface area contributed by atoms with Crippen LogP contribution >= 0.6 is 0 Å². The van der Waals surface area contributed by atoms with E-state index in [2.05, 4.69) is 9.97 Å². The minimum atomic E-state index is -0.679. The van der Waals surface area contributed by atoms with Crippen molar-refractivity contribution in [3.63, 3.8) is 0 Å². The average Bonchev–Trinajstić information content (AvgIpc) is 2.43. The number of nitrogen functional groups attached to an aromatic ring is 1. The summed E-state index contributed by atoms with van der Waals surface area (Å²) in [6.45, 7) is 3.24. The van der Waals surface area contributed by atoms with Crippen LogP contribution in [0.2, 0.25) is 0 Å². The third-order valence-corrected chi connectivity index (χ3v) is 2.62. The number of aryl methyl sites for hydroxylation is 1. The lowest BCUT2D eigenvalue weighted by molar-refractivity contribution is 0.0572. The molecule has 2 unspecified atom stereocenters. The number of hydrogen-bond donors (Lipinski definition) is 3. The van der Waals surface area contributed by atoms with Crippen molar-refractivity contribution in [2.75, 3.05) is 18.8 Å². The second-order valence-electron chi connectivity index (χ2n) is 4.18. The zero-order valence-corrected chi connectivity index (χ0v) is 9.17. The van der Waals surface area contributed by atoms with Gasteiger partial charge >= 0.3 is 0 Å². The van der Waals surface area contributed by atoms with Gasteiger partial charge in [-0.3, -0.25) is 4.90 Å². The van der Waals surface area contributed by atoms with E-state index in [0.29, 0.717) is 31.3 Å². The van der Waals surface area contributed by atoms with Crippen LogP contribution in [-0.2, 0) is 6.54 Å². The molecule has 1 aliphatic rings. The molecule has 1 fully saturated rings. The zero-order valence-electron chi connectivity index (χ0n) is 9.17. The van der Waals surface area contributed by atoms with Crippen molar-refractivity contribution in [3.8, 4) is 0 Å². The first-order chi connectivity index (χ1) is 7.54. The molecule has 0 saturated carbocycles. The highest BCUT2D eigenvalue weighted by Gasteiger charge is 2.29. The van der Waals surface area contributed by atoms with Gasteiger partial charge in [0, 0.05) is 24.8 Å². The number of nitrogens with zero attached hydrogens (tertiary/aromatic N) is 3. The van der Waals surface area contributed by atoms with Crippen molar-refractivity contribution in [2.45, 2.75) is 25.7 Å². The molecule has 2 rings (SSSR count). The molecule has 0 aromatic carbocycles. The smallest absolute Gasteiger partial charge is 0.144 e. The summed E-state index contributed by atoms with van der Waals surface area (Å²) < 4.78 is 0. The normalized spacial score (nSPS) is 26.2. The predicted octanol–water partition coefficient (Wildman–Crippen LogP) is -1.10. The highest BCUT2D eigenvalue weighted by atomic mass is 16.3. The standard InChI is InChI=1S/C10H16N4O2/c1-6-2-9(11)13-10(12-6)5-14-3-7(15)8(16)4-14/h2,7-8,15-16H,3-5H2,1H3,(H2,11,12,13). The third-order valence-electron chi connectivity index (χ3n) is 2.62. The van der Waals surface area contributed by atoms with Crippen molar-refractivity contribution >= 4 is 5.82 Å². The van der Waals surface area contributed by atoms with Gasteiger partial charge in [-0.25, -0.2) is 9.97 Å². The third kappa shape index (κ3) is 2.46. The molecule has 1 aromatic heterocycles. The van der Waals surface area contributed by atoms with Crippen LogP contribution in [0.3, 0.4) is 0 Å². The van der Waals surface area contributed by atoms with Gasteiger partial charge in [-0.2, -0.15) is 0 Å². The SMILES string of the molecule is Cc1cc(N)nc(CN2CC(O)C(O)C2)n1. The highest BCUT2D eigenvalue weighted by Crippen LogP contribution is 2.13. The first-order valence-electron chi connectivity index (χ1n) is 5.23. The molecule has 16 heavy (non-hydrogen) atoms. The van der Waals surface area contributed by atoms with Crippen LogP contribution in [0.25, 0.3) is 0 Å². The Labute approximate surface area is 93.7 Å². The first-order valence-corrected chi connectivity index (χ1v) is 5.23. The van der Waals surface area contributed by atoms with Crippen molar-refractivity contribution in [3.05, 3.63) is 17.6 Å². The Bertz CT molecular complexity index is 355. The van der Waals surface area contributed by atoms with E-state index in [-0.39, 0.29) is 0 Å². The van der Waals surface area contributed by atoms with E-state index in [1.165, 1.54) is 0 Å². The Hall–Kier alpha value is -1.24. The molecule has 0 radical (unpaired) electrons. The fourth-order valence-corrected chi connectivity index (χ4v) is 1.90. The maximum absolute atomic E-state index is 9.40. The van der Waals surface area contributed by atoms with Gasteiger partial charge < -0.3 is 15.9 Å². The second-order valence-corrected chi connectivity index (χ2v) is 4.18. The van der Waals surface area contributed by atoms with E-state index < -0.39 is 12.2 Å². The molecule has 0 amide bonds. The number of aliphatic hydroxyl groups is 2. The summed E-state index contributed by atoms with van der Waals surface area (Å²) in [5.74, 6) is 1.07. The van der Waals surface area contributed by atoms with Gasteiger partial charge in [0.1, 0.15) is 11.6 Å². The molecule has 0 spiro atoms. The summed E-state index contributed by atoms with van der Waals surface area (Å²) in [6, 6.07) is 1.71. The fourth-order valence-electron chi connectivity index (χ4n) is 1.90. The van der Waals surface area contributed by atoms with Gasteiger partial charge in [-0.05, 0) is 6.92 Å². The van der Waals surface area contributed by atoms with E-state index >= 15 is 0 Å². The van der Waals surface area contributed by atoms with Gasteiger partial charge in [0.25, 0.3) is 0 Å². The zero-order chi connectivity index (χ0) is 11.7. The van der Waals surface area contributed by atoms with Crippen LogP contribution in [-0.4, -0.2) is 50.4 Å². The second kappa shape index (κ2) is 4.32. The van der Waals surface area contributed by atoms with Crippen LogP contribution in [0.5, 0.6) is 0 Å². The Morgan fingerprint density at radius 1 is 1.38 bits per heavy atom. The number of aliphatic hydroxyl groups excluding tert-OH is 2. The fraction of sp³-hybridized carbons (Fsp3) is 0.600. The Morgan fingerprint density at radius 2 is 2.00 bits per heavy atom. The molecular weight excluding hydrogens is 208 g/mol. The van der Waals surface area contributed by atoms with Crippen LogP contribution in [0, 0.1) is 6.92 Å². The van der Waals surface area contributed by atoms with Crippen molar-refractivity contribution in [2.24, 2.45) is 0 Å². The topological polar surface area (TPSA) is 95.5 Å². The minimum absolute atomic E-state index is 0.443. The van der Waals surface area contributed by atoms with Crippen molar-refractivity contribution < 1.29 is 10.2 Å². The monoisotopic (exact) mass is 224 g/mol. The number of aromatic nitrogens is 2. The van der Waals surface area contributed by atoms with Gasteiger partial charge in [-0.15, -0.1) is 0 Å². The molecule has 1 aliphatic heterocycles. The molecule has 6 heteroatoms. The van der Waals surface area contributed by atoms with Crippen molar-refractivity contribution in [1.29, 1.82) is 0 Å². The van der Waals surface area contributed by atoms with Crippen LogP contribution in [0.15, 0.2) is 6.07 Å². The molecule has 2 heterocycles. The summed E-state index contributed by atoms with van der Waals surface area (Å²) in [5, 5.41) is 18.8. The van der Waals surface area contributed by atoms with Crippen LogP contribution in [0.4, 0.5) is 5.82 Å². The molecule has 0 bridgehead atoms. The Morgan fingerprint density at radius 3 is 2.56 bits per heavy atom. The summed E-state index contributed by atoms with van der Waals surface area (Å²) >= 11 is 0. The highest BCUT2D eigenvalue weighted by molar-refractivity contribution is 5.29. The van der Waals surface area contributed by atoms with Crippen molar-refractivity contribution in [1.82, 2.24) is 14.9 Å². The largest absolute Gasteiger partial charge is 0.389 e. The van der Waals surface area contributed by atoms with Gasteiger partial charge in [0.05, 0.1) is 18.8 Å².